The topological polar surface area (TPSA) is 61.5 Å². The van der Waals surface area contributed by atoms with Gasteiger partial charge in [-0.15, -0.1) is 0 Å². The average Bonchev–Trinajstić information content (AvgIpc) is 2.42. The summed E-state index contributed by atoms with van der Waals surface area (Å²) in [6, 6.07) is 12.4. The van der Waals surface area contributed by atoms with E-state index in [2.05, 4.69) is 4.74 Å². The van der Waals surface area contributed by atoms with Crippen molar-refractivity contribution >= 4 is 11.7 Å². The van der Waals surface area contributed by atoms with Crippen LogP contribution in [0.4, 0.5) is 5.69 Å². The van der Waals surface area contributed by atoms with Crippen molar-refractivity contribution in [2.75, 3.05) is 12.8 Å². The highest BCUT2D eigenvalue weighted by molar-refractivity contribution is 5.90. The van der Waals surface area contributed by atoms with Gasteiger partial charge in [-0.05, 0) is 36.8 Å². The molecule has 0 saturated heterocycles. The van der Waals surface area contributed by atoms with Crippen molar-refractivity contribution < 1.29 is 14.3 Å². The molecule has 2 N–H and O–H groups in total. The van der Waals surface area contributed by atoms with E-state index in [0.29, 0.717) is 22.7 Å². The quantitative estimate of drug-likeness (QED) is 0.677. The number of ether oxygens (including phenoxy) is 2. The van der Waals surface area contributed by atoms with Crippen molar-refractivity contribution in [1.82, 2.24) is 0 Å². The first-order chi connectivity index (χ1) is 9.11. The van der Waals surface area contributed by atoms with Crippen LogP contribution >= 0.6 is 0 Å². The lowest BCUT2D eigenvalue weighted by Gasteiger charge is -2.11. The number of rotatable bonds is 3. The van der Waals surface area contributed by atoms with Crippen LogP contribution in [0.1, 0.15) is 15.9 Å². The van der Waals surface area contributed by atoms with Crippen LogP contribution in [0.3, 0.4) is 0 Å². The summed E-state index contributed by atoms with van der Waals surface area (Å²) in [7, 11) is 1.33. The van der Waals surface area contributed by atoms with E-state index in [1.54, 1.807) is 18.2 Å². The van der Waals surface area contributed by atoms with Gasteiger partial charge in [0.15, 0.2) is 5.75 Å². The molecule has 0 amide bonds. The number of carbonyl (C=O) groups excluding carboxylic acids is 1. The molecule has 98 valence electrons. The van der Waals surface area contributed by atoms with Gasteiger partial charge in [0.2, 0.25) is 0 Å². The summed E-state index contributed by atoms with van der Waals surface area (Å²) in [5.74, 6) is 0.725. The Labute approximate surface area is 111 Å². The van der Waals surface area contributed by atoms with E-state index in [1.165, 1.54) is 7.11 Å². The first kappa shape index (κ1) is 13.0. The number of carbonyl (C=O) groups is 1. The van der Waals surface area contributed by atoms with Gasteiger partial charge in [0, 0.05) is 0 Å². The van der Waals surface area contributed by atoms with Crippen molar-refractivity contribution in [3.63, 3.8) is 0 Å². The minimum atomic E-state index is -0.422. The number of hydrogen-bond acceptors (Lipinski definition) is 4. The number of anilines is 1. The highest BCUT2D eigenvalue weighted by Crippen LogP contribution is 2.30. The third kappa shape index (κ3) is 2.85. The molecule has 0 spiro atoms. The summed E-state index contributed by atoms with van der Waals surface area (Å²) in [5.41, 5.74) is 7.71. The third-order valence-corrected chi connectivity index (χ3v) is 2.75. The fourth-order valence-corrected chi connectivity index (χ4v) is 1.66. The molecule has 2 aromatic rings. The van der Waals surface area contributed by atoms with Gasteiger partial charge in [0.05, 0.1) is 18.4 Å². The van der Waals surface area contributed by atoms with E-state index in [4.69, 9.17) is 10.5 Å². The maximum absolute atomic E-state index is 11.5. The van der Waals surface area contributed by atoms with E-state index in [0.717, 1.165) is 5.56 Å². The first-order valence-corrected chi connectivity index (χ1v) is 5.83. The lowest BCUT2D eigenvalue weighted by molar-refractivity contribution is 0.0600. The number of nitrogen functional groups attached to an aromatic ring is 1. The third-order valence-electron chi connectivity index (χ3n) is 2.75. The molecule has 0 atom stereocenters. The lowest BCUT2D eigenvalue weighted by atomic mass is 10.2. The first-order valence-electron chi connectivity index (χ1n) is 5.83. The lowest BCUT2D eigenvalue weighted by Crippen LogP contribution is -2.02. The van der Waals surface area contributed by atoms with Crippen molar-refractivity contribution in [2.24, 2.45) is 0 Å². The minimum Gasteiger partial charge on any atom is -0.465 e. The monoisotopic (exact) mass is 257 g/mol. The van der Waals surface area contributed by atoms with E-state index in [1.807, 2.05) is 31.2 Å². The van der Waals surface area contributed by atoms with Gasteiger partial charge < -0.3 is 15.2 Å². The molecular weight excluding hydrogens is 242 g/mol. The largest absolute Gasteiger partial charge is 0.465 e. The zero-order valence-electron chi connectivity index (χ0n) is 10.8. The maximum Gasteiger partial charge on any atom is 0.337 e. The number of nitrogens with two attached hydrogens (primary N) is 1. The zero-order valence-corrected chi connectivity index (χ0v) is 10.8. The fourth-order valence-electron chi connectivity index (χ4n) is 1.66. The van der Waals surface area contributed by atoms with Gasteiger partial charge in [-0.2, -0.15) is 0 Å². The molecule has 0 heterocycles. The van der Waals surface area contributed by atoms with Gasteiger partial charge >= 0.3 is 5.97 Å². The maximum atomic E-state index is 11.5. The van der Waals surface area contributed by atoms with Gasteiger partial charge in [0.1, 0.15) is 5.75 Å². The molecule has 2 rings (SSSR count). The van der Waals surface area contributed by atoms with Crippen LogP contribution in [0.2, 0.25) is 0 Å². The molecule has 4 heteroatoms. The molecule has 0 aromatic heterocycles. The summed E-state index contributed by atoms with van der Waals surface area (Å²) in [5, 5.41) is 0. The molecule has 4 nitrogen and oxygen atoms in total. The Morgan fingerprint density at radius 2 is 1.84 bits per heavy atom. The molecular formula is C15H15NO3. The molecule has 0 radical (unpaired) electrons. The Kier molecular flexibility index (Phi) is 3.71. The summed E-state index contributed by atoms with van der Waals surface area (Å²) in [6.45, 7) is 1.94. The molecule has 0 aliphatic heterocycles. The van der Waals surface area contributed by atoms with Gasteiger partial charge in [0.25, 0.3) is 0 Å². The van der Waals surface area contributed by atoms with Crippen molar-refractivity contribution in [3.05, 3.63) is 53.6 Å². The van der Waals surface area contributed by atoms with Crippen molar-refractivity contribution in [3.8, 4) is 11.5 Å². The van der Waals surface area contributed by atoms with Crippen LogP contribution in [0.25, 0.3) is 0 Å². The number of para-hydroxylation sites is 1. The van der Waals surface area contributed by atoms with Crippen molar-refractivity contribution in [1.29, 1.82) is 0 Å². The number of esters is 1. The Bertz CT molecular complexity index is 608. The highest BCUT2D eigenvalue weighted by Gasteiger charge is 2.10. The zero-order chi connectivity index (χ0) is 13.8. The molecule has 0 aliphatic carbocycles. The number of methoxy groups -OCH3 is 1. The standard InChI is InChI=1S/C15H15NO3/c1-10-5-3-4-6-13(10)19-14-9-11(15(17)18-2)7-8-12(14)16/h3-9H,16H2,1-2H3. The Balaban J connectivity index is 2.34. The van der Waals surface area contributed by atoms with Gasteiger partial charge in [-0.1, -0.05) is 18.2 Å². The van der Waals surface area contributed by atoms with E-state index in [-0.39, 0.29) is 0 Å². The number of aryl methyl sites for hydroxylation is 1. The van der Waals surface area contributed by atoms with E-state index >= 15 is 0 Å². The van der Waals surface area contributed by atoms with E-state index < -0.39 is 5.97 Å². The molecule has 0 unspecified atom stereocenters. The number of hydrogen-bond donors (Lipinski definition) is 1. The van der Waals surface area contributed by atoms with Crippen LogP contribution in [-0.4, -0.2) is 13.1 Å². The van der Waals surface area contributed by atoms with Gasteiger partial charge in [-0.3, -0.25) is 0 Å². The second-order valence-electron chi connectivity index (χ2n) is 4.11. The summed E-state index contributed by atoms with van der Waals surface area (Å²) < 4.78 is 10.4. The fraction of sp³-hybridized carbons (Fsp3) is 0.133. The molecule has 0 bridgehead atoms. The smallest absolute Gasteiger partial charge is 0.337 e. The van der Waals surface area contributed by atoms with Crippen LogP contribution in [0, 0.1) is 6.92 Å². The average molecular weight is 257 g/mol. The summed E-state index contributed by atoms with van der Waals surface area (Å²) in [4.78, 5) is 11.5. The van der Waals surface area contributed by atoms with Crippen molar-refractivity contribution in [2.45, 2.75) is 6.92 Å². The second kappa shape index (κ2) is 5.44. The Morgan fingerprint density at radius 1 is 1.11 bits per heavy atom. The van der Waals surface area contributed by atoms with Crippen LogP contribution in [0.15, 0.2) is 42.5 Å². The number of benzene rings is 2. The van der Waals surface area contributed by atoms with Crippen LogP contribution in [-0.2, 0) is 4.74 Å². The molecule has 2 aromatic carbocycles. The van der Waals surface area contributed by atoms with Gasteiger partial charge in [-0.25, -0.2) is 4.79 Å². The molecule has 19 heavy (non-hydrogen) atoms. The minimum absolute atomic E-state index is 0.403. The highest BCUT2D eigenvalue weighted by atomic mass is 16.5. The Hall–Kier alpha value is -2.49. The summed E-state index contributed by atoms with van der Waals surface area (Å²) in [6.07, 6.45) is 0. The van der Waals surface area contributed by atoms with Crippen LogP contribution < -0.4 is 10.5 Å². The predicted octanol–water partition coefficient (Wildman–Crippen LogP) is 3.16. The summed E-state index contributed by atoms with van der Waals surface area (Å²) >= 11 is 0. The van der Waals surface area contributed by atoms with E-state index in [9.17, 15) is 4.79 Å². The predicted molar refractivity (Wildman–Crippen MR) is 73.4 cm³/mol. The van der Waals surface area contributed by atoms with Crippen LogP contribution in [0.5, 0.6) is 11.5 Å². The SMILES string of the molecule is COC(=O)c1ccc(N)c(Oc2ccccc2C)c1. The molecule has 0 saturated carbocycles. The molecule has 0 aliphatic rings. The second-order valence-corrected chi connectivity index (χ2v) is 4.11. The normalized spacial score (nSPS) is 10.0. The molecule has 0 fully saturated rings. The Morgan fingerprint density at radius 3 is 2.53 bits per heavy atom.